The van der Waals surface area contributed by atoms with Crippen LogP contribution in [0.4, 0.5) is 0 Å². The normalized spacial score (nSPS) is 22.8. The number of amides is 2. The number of piperidine rings is 1. The van der Waals surface area contributed by atoms with Gasteiger partial charge < -0.3 is 25.4 Å². The van der Waals surface area contributed by atoms with Crippen LogP contribution >= 0.6 is 23.2 Å². The Hall–Kier alpha value is -1.54. The number of carbonyl (C=O) groups is 2. The van der Waals surface area contributed by atoms with Gasteiger partial charge in [-0.05, 0) is 24.8 Å². The highest BCUT2D eigenvalue weighted by molar-refractivity contribution is 6.42. The maximum Gasteiger partial charge on any atom is 0.253 e. The minimum absolute atomic E-state index is 0.0266. The molecule has 2 atom stereocenters. The minimum Gasteiger partial charge on any atom is -0.508 e. The number of hydrogen-bond donors (Lipinski definition) is 2. The molecule has 0 saturated carbocycles. The van der Waals surface area contributed by atoms with Crippen molar-refractivity contribution in [1.82, 2.24) is 9.80 Å². The van der Waals surface area contributed by atoms with E-state index in [4.69, 9.17) is 33.7 Å². The number of carbonyl (C=O) groups excluding carboxylic acids is 2. The van der Waals surface area contributed by atoms with Gasteiger partial charge in [-0.25, -0.2) is 0 Å². The number of morpholine rings is 1. The number of nitrogens with two attached hydrogens (primary N) is 1. The molecule has 2 amide bonds. The highest BCUT2D eigenvalue weighted by Crippen LogP contribution is 2.37. The summed E-state index contributed by atoms with van der Waals surface area (Å²) in [7, 11) is 1.67. The number of ether oxygens (including phenoxy) is 1. The Balaban J connectivity index is 1.59. The van der Waals surface area contributed by atoms with Crippen molar-refractivity contribution in [3.05, 3.63) is 27.7 Å². The predicted molar refractivity (Wildman–Crippen MR) is 102 cm³/mol. The number of nitrogens with zero attached hydrogens (tertiary/aromatic N) is 2. The van der Waals surface area contributed by atoms with E-state index >= 15 is 0 Å². The second kappa shape index (κ2) is 8.22. The van der Waals surface area contributed by atoms with Crippen molar-refractivity contribution in [1.29, 1.82) is 0 Å². The van der Waals surface area contributed by atoms with Gasteiger partial charge in [0.1, 0.15) is 12.4 Å². The van der Waals surface area contributed by atoms with Crippen LogP contribution in [0.2, 0.25) is 10.0 Å². The van der Waals surface area contributed by atoms with Crippen LogP contribution in [0.1, 0.15) is 24.4 Å². The molecule has 3 N–H and O–H groups in total. The average Bonchev–Trinajstić information content (AvgIpc) is 2.66. The van der Waals surface area contributed by atoms with Crippen LogP contribution in [0.3, 0.4) is 0 Å². The molecule has 7 nitrogen and oxygen atoms in total. The van der Waals surface area contributed by atoms with Crippen LogP contribution in [0.25, 0.3) is 0 Å². The van der Waals surface area contributed by atoms with E-state index in [0.717, 1.165) is 0 Å². The largest absolute Gasteiger partial charge is 0.508 e. The molecule has 1 aromatic carbocycles. The van der Waals surface area contributed by atoms with Gasteiger partial charge in [0.05, 0.1) is 16.6 Å². The molecule has 9 heteroatoms. The fourth-order valence-corrected chi connectivity index (χ4v) is 3.92. The first-order chi connectivity index (χ1) is 12.8. The first-order valence-electron chi connectivity index (χ1n) is 8.85. The van der Waals surface area contributed by atoms with Crippen molar-refractivity contribution in [2.45, 2.75) is 25.0 Å². The first-order valence-corrected chi connectivity index (χ1v) is 9.61. The smallest absolute Gasteiger partial charge is 0.253 e. The number of halogens is 2. The lowest BCUT2D eigenvalue weighted by Crippen LogP contribution is -2.53. The Bertz CT molecular complexity index is 738. The lowest BCUT2D eigenvalue weighted by Gasteiger charge is -2.38. The Morgan fingerprint density at radius 1 is 1.30 bits per heavy atom. The summed E-state index contributed by atoms with van der Waals surface area (Å²) in [5.41, 5.74) is 6.91. The van der Waals surface area contributed by atoms with Crippen molar-refractivity contribution >= 4 is 35.0 Å². The third kappa shape index (κ3) is 4.32. The molecule has 148 valence electrons. The van der Waals surface area contributed by atoms with Crippen molar-refractivity contribution in [3.8, 4) is 5.75 Å². The summed E-state index contributed by atoms with van der Waals surface area (Å²) in [6.07, 6.45) is 0.791. The van der Waals surface area contributed by atoms with Crippen LogP contribution in [0.5, 0.6) is 5.75 Å². The van der Waals surface area contributed by atoms with Crippen LogP contribution < -0.4 is 5.73 Å². The van der Waals surface area contributed by atoms with Gasteiger partial charge in [-0.3, -0.25) is 9.59 Å². The van der Waals surface area contributed by atoms with Gasteiger partial charge >= 0.3 is 0 Å². The second-order valence-corrected chi connectivity index (χ2v) is 7.90. The molecular weight excluding hydrogens is 393 g/mol. The second-order valence-electron chi connectivity index (χ2n) is 7.09. The zero-order valence-corrected chi connectivity index (χ0v) is 16.5. The number of benzene rings is 1. The number of phenolic OH excluding ortho intramolecular Hbond substituents is 1. The zero-order valence-electron chi connectivity index (χ0n) is 15.0. The Morgan fingerprint density at radius 2 is 1.93 bits per heavy atom. The van der Waals surface area contributed by atoms with E-state index in [2.05, 4.69) is 0 Å². The van der Waals surface area contributed by atoms with E-state index in [0.29, 0.717) is 36.5 Å². The molecule has 0 unspecified atom stereocenters. The van der Waals surface area contributed by atoms with E-state index in [9.17, 15) is 14.7 Å². The third-order valence-electron chi connectivity index (χ3n) is 5.34. The van der Waals surface area contributed by atoms with Gasteiger partial charge in [0.2, 0.25) is 5.91 Å². The van der Waals surface area contributed by atoms with E-state index in [1.807, 2.05) is 0 Å². The summed E-state index contributed by atoms with van der Waals surface area (Å²) < 4.78 is 5.39. The molecule has 0 spiro atoms. The molecule has 2 heterocycles. The molecule has 3 rings (SSSR count). The number of likely N-dealkylation sites (tertiary alicyclic amines) is 1. The van der Waals surface area contributed by atoms with Gasteiger partial charge in [0.25, 0.3) is 5.91 Å². The highest BCUT2D eigenvalue weighted by Gasteiger charge is 2.35. The lowest BCUT2D eigenvalue weighted by molar-refractivity contribution is -0.160. The monoisotopic (exact) mass is 415 g/mol. The van der Waals surface area contributed by atoms with Gasteiger partial charge in [-0.1, -0.05) is 23.2 Å². The number of hydrogen-bond acceptors (Lipinski definition) is 5. The molecular formula is C18H23Cl2N3O4. The topological polar surface area (TPSA) is 96.1 Å². The van der Waals surface area contributed by atoms with E-state index in [1.54, 1.807) is 18.0 Å². The van der Waals surface area contributed by atoms with Gasteiger partial charge in [-0.2, -0.15) is 0 Å². The van der Waals surface area contributed by atoms with Gasteiger partial charge in [0, 0.05) is 37.8 Å². The molecule has 2 aliphatic heterocycles. The molecule has 2 fully saturated rings. The predicted octanol–water partition coefficient (Wildman–Crippen LogP) is 1.79. The molecule has 0 aliphatic carbocycles. The number of phenols is 1. The van der Waals surface area contributed by atoms with Gasteiger partial charge in [-0.15, -0.1) is 0 Å². The highest BCUT2D eigenvalue weighted by atomic mass is 35.5. The first kappa shape index (κ1) is 20.2. The summed E-state index contributed by atoms with van der Waals surface area (Å²) >= 11 is 12.0. The standard InChI is InChI=1S/C18H23Cl2N3O4/c1-22-8-15(27-9-16(22)25)18(26)23-4-2-10(3-5-23)17(21)11-6-12(19)13(20)7-14(11)24/h6-7,10,15,17,24H,2-5,8-9,21H2,1H3/t15-,17+/m0/s1. The molecule has 1 aromatic rings. The van der Waals surface area contributed by atoms with Crippen molar-refractivity contribution in [2.24, 2.45) is 11.7 Å². The summed E-state index contributed by atoms with van der Waals surface area (Å²) in [6, 6.07) is 2.60. The van der Waals surface area contributed by atoms with Crippen LogP contribution in [-0.2, 0) is 14.3 Å². The van der Waals surface area contributed by atoms with E-state index in [-0.39, 0.29) is 41.7 Å². The average molecular weight is 416 g/mol. The van der Waals surface area contributed by atoms with Gasteiger partial charge in [0.15, 0.2) is 6.10 Å². The molecule has 2 saturated heterocycles. The Labute approximate surface area is 167 Å². The maximum absolute atomic E-state index is 12.6. The van der Waals surface area contributed by atoms with E-state index in [1.165, 1.54) is 11.0 Å². The molecule has 27 heavy (non-hydrogen) atoms. The maximum atomic E-state index is 12.6. The fraction of sp³-hybridized carbons (Fsp3) is 0.556. The Morgan fingerprint density at radius 3 is 2.56 bits per heavy atom. The van der Waals surface area contributed by atoms with Crippen molar-refractivity contribution in [3.63, 3.8) is 0 Å². The van der Waals surface area contributed by atoms with Crippen LogP contribution in [-0.4, -0.2) is 66.1 Å². The number of aromatic hydroxyl groups is 1. The minimum atomic E-state index is -0.614. The van der Waals surface area contributed by atoms with Crippen molar-refractivity contribution in [2.75, 3.05) is 33.3 Å². The lowest BCUT2D eigenvalue weighted by atomic mass is 9.85. The molecule has 0 aromatic heterocycles. The number of rotatable bonds is 3. The van der Waals surface area contributed by atoms with E-state index < -0.39 is 12.1 Å². The zero-order chi connectivity index (χ0) is 19.7. The molecule has 2 aliphatic rings. The quantitative estimate of drug-likeness (QED) is 0.784. The molecule has 0 bridgehead atoms. The number of likely N-dealkylation sites (N-methyl/N-ethyl adjacent to an activating group) is 1. The SMILES string of the molecule is CN1C[C@@H](C(=O)N2CCC([C@@H](N)c3cc(Cl)c(Cl)cc3O)CC2)OCC1=O. The third-order valence-corrected chi connectivity index (χ3v) is 6.06. The summed E-state index contributed by atoms with van der Waals surface area (Å²) in [4.78, 5) is 27.4. The fourth-order valence-electron chi connectivity index (χ4n) is 3.59. The van der Waals surface area contributed by atoms with Crippen LogP contribution in [0.15, 0.2) is 12.1 Å². The Kier molecular flexibility index (Phi) is 6.15. The molecule has 0 radical (unpaired) electrons. The van der Waals surface area contributed by atoms with Crippen molar-refractivity contribution < 1.29 is 19.4 Å². The summed E-state index contributed by atoms with van der Waals surface area (Å²) in [6.45, 7) is 1.31. The summed E-state index contributed by atoms with van der Waals surface area (Å²) in [5.74, 6) is -0.0867. The van der Waals surface area contributed by atoms with Crippen LogP contribution in [0, 0.1) is 5.92 Å². The summed E-state index contributed by atoms with van der Waals surface area (Å²) in [5, 5.41) is 10.8.